The highest BCUT2D eigenvalue weighted by atomic mass is 16.1. The summed E-state index contributed by atoms with van der Waals surface area (Å²) < 4.78 is 1.25. The van der Waals surface area contributed by atoms with Gasteiger partial charge in [-0.25, -0.2) is 9.59 Å². The lowest BCUT2D eigenvalue weighted by molar-refractivity contribution is 0.809. The van der Waals surface area contributed by atoms with Crippen molar-refractivity contribution < 1.29 is 0 Å². The molecule has 1 aromatic carbocycles. The SMILES string of the molecule is Cn1cc(C#N)c(-c2ccc3[nH]c(=O)[nH]c3c2)nc1=O. The van der Waals surface area contributed by atoms with Gasteiger partial charge in [0.15, 0.2) is 0 Å². The fraction of sp³-hybridized carbons (Fsp3) is 0.0769. The number of benzene rings is 1. The summed E-state index contributed by atoms with van der Waals surface area (Å²) in [6.45, 7) is 0. The van der Waals surface area contributed by atoms with Crippen LogP contribution in [-0.4, -0.2) is 19.5 Å². The molecule has 0 radical (unpaired) electrons. The minimum Gasteiger partial charge on any atom is -0.306 e. The summed E-state index contributed by atoms with van der Waals surface area (Å²) in [5.74, 6) is 0. The van der Waals surface area contributed by atoms with Crippen molar-refractivity contribution in [2.45, 2.75) is 0 Å². The zero-order valence-electron chi connectivity index (χ0n) is 10.5. The highest BCUT2D eigenvalue weighted by Gasteiger charge is 2.10. The predicted octanol–water partition coefficient (Wildman–Crippen LogP) is 0.489. The summed E-state index contributed by atoms with van der Waals surface area (Å²) in [6.07, 6.45) is 1.44. The van der Waals surface area contributed by atoms with Crippen molar-refractivity contribution >= 4 is 11.0 Å². The molecule has 0 aliphatic carbocycles. The van der Waals surface area contributed by atoms with Crippen LogP contribution in [0.15, 0.2) is 34.0 Å². The monoisotopic (exact) mass is 267 g/mol. The van der Waals surface area contributed by atoms with Crippen molar-refractivity contribution in [3.63, 3.8) is 0 Å². The van der Waals surface area contributed by atoms with Gasteiger partial charge in [0, 0.05) is 18.8 Å². The third-order valence-corrected chi connectivity index (χ3v) is 3.00. The van der Waals surface area contributed by atoms with E-state index in [2.05, 4.69) is 15.0 Å². The van der Waals surface area contributed by atoms with E-state index in [1.54, 1.807) is 18.2 Å². The van der Waals surface area contributed by atoms with E-state index in [4.69, 9.17) is 5.26 Å². The predicted molar refractivity (Wildman–Crippen MR) is 72.1 cm³/mol. The molecule has 0 spiro atoms. The van der Waals surface area contributed by atoms with Gasteiger partial charge in [0.05, 0.1) is 22.3 Å². The number of nitrogens with one attached hydrogen (secondary N) is 2. The number of H-pyrrole nitrogens is 2. The number of hydrogen-bond acceptors (Lipinski definition) is 4. The van der Waals surface area contributed by atoms with Crippen LogP contribution in [0.3, 0.4) is 0 Å². The molecule has 0 atom stereocenters. The Labute approximate surface area is 112 Å². The van der Waals surface area contributed by atoms with Crippen molar-refractivity contribution in [2.75, 3.05) is 0 Å². The van der Waals surface area contributed by atoms with E-state index in [9.17, 15) is 9.59 Å². The van der Waals surface area contributed by atoms with Crippen LogP contribution in [0.25, 0.3) is 22.3 Å². The second-order valence-electron chi connectivity index (χ2n) is 4.35. The Morgan fingerprint density at radius 3 is 2.75 bits per heavy atom. The number of aromatic amines is 2. The smallest absolute Gasteiger partial charge is 0.306 e. The van der Waals surface area contributed by atoms with Gasteiger partial charge in [-0.15, -0.1) is 0 Å². The van der Waals surface area contributed by atoms with Crippen molar-refractivity contribution in [2.24, 2.45) is 7.05 Å². The van der Waals surface area contributed by atoms with E-state index in [0.29, 0.717) is 27.9 Å². The van der Waals surface area contributed by atoms with Crippen molar-refractivity contribution in [3.8, 4) is 17.3 Å². The third kappa shape index (κ3) is 1.80. The summed E-state index contributed by atoms with van der Waals surface area (Å²) >= 11 is 0. The Morgan fingerprint density at radius 2 is 2.00 bits per heavy atom. The molecule has 0 unspecified atom stereocenters. The van der Waals surface area contributed by atoms with Gasteiger partial charge in [-0.1, -0.05) is 6.07 Å². The van der Waals surface area contributed by atoms with Crippen LogP contribution in [0.5, 0.6) is 0 Å². The molecule has 0 saturated carbocycles. The normalized spacial score (nSPS) is 10.6. The van der Waals surface area contributed by atoms with E-state index in [1.165, 1.54) is 17.8 Å². The fourth-order valence-electron chi connectivity index (χ4n) is 2.03. The van der Waals surface area contributed by atoms with Gasteiger partial charge in [-0.05, 0) is 12.1 Å². The largest absolute Gasteiger partial charge is 0.347 e. The number of rotatable bonds is 1. The summed E-state index contributed by atoms with van der Waals surface area (Å²) in [6, 6.07) is 7.09. The third-order valence-electron chi connectivity index (χ3n) is 3.00. The zero-order valence-corrected chi connectivity index (χ0v) is 10.5. The van der Waals surface area contributed by atoms with Crippen molar-refractivity contribution in [1.29, 1.82) is 5.26 Å². The molecule has 0 bridgehead atoms. The van der Waals surface area contributed by atoms with E-state index in [1.807, 2.05) is 6.07 Å². The van der Waals surface area contributed by atoms with Gasteiger partial charge < -0.3 is 14.5 Å². The number of aryl methyl sites for hydroxylation is 1. The average molecular weight is 267 g/mol. The highest BCUT2D eigenvalue weighted by molar-refractivity contribution is 5.81. The lowest BCUT2D eigenvalue weighted by Gasteiger charge is -2.04. The Kier molecular flexibility index (Phi) is 2.51. The Balaban J connectivity index is 2.30. The van der Waals surface area contributed by atoms with Crippen LogP contribution >= 0.6 is 0 Å². The maximum absolute atomic E-state index is 11.6. The first-order valence-corrected chi connectivity index (χ1v) is 5.78. The molecule has 0 aliphatic heterocycles. The number of nitrogens with zero attached hydrogens (tertiary/aromatic N) is 3. The topological polar surface area (TPSA) is 107 Å². The molecule has 0 saturated heterocycles. The maximum Gasteiger partial charge on any atom is 0.347 e. The molecule has 3 aromatic rings. The second-order valence-corrected chi connectivity index (χ2v) is 4.35. The van der Waals surface area contributed by atoms with Gasteiger partial charge in [0.2, 0.25) is 0 Å². The lowest BCUT2D eigenvalue weighted by atomic mass is 10.1. The standard InChI is InChI=1S/C13H9N5O2/c1-18-6-8(5-14)11(17-13(18)20)7-2-3-9-10(4-7)16-12(19)15-9/h2-4,6H,1H3,(H2,15,16,19). The summed E-state index contributed by atoms with van der Waals surface area (Å²) in [5, 5.41) is 9.14. The maximum atomic E-state index is 11.6. The Morgan fingerprint density at radius 1 is 1.25 bits per heavy atom. The van der Waals surface area contributed by atoms with E-state index < -0.39 is 5.69 Å². The summed E-state index contributed by atoms with van der Waals surface area (Å²) in [4.78, 5) is 32.0. The molecule has 98 valence electrons. The summed E-state index contributed by atoms with van der Waals surface area (Å²) in [7, 11) is 1.53. The van der Waals surface area contributed by atoms with Crippen molar-refractivity contribution in [3.05, 3.63) is 50.9 Å². The number of imidazole rings is 1. The zero-order chi connectivity index (χ0) is 14.3. The molecule has 0 aliphatic rings. The van der Waals surface area contributed by atoms with Gasteiger partial charge in [0.25, 0.3) is 0 Å². The molecule has 0 fully saturated rings. The van der Waals surface area contributed by atoms with E-state index in [0.717, 1.165) is 0 Å². The Hall–Kier alpha value is -3.14. The fourth-order valence-corrected chi connectivity index (χ4v) is 2.03. The van der Waals surface area contributed by atoms with Crippen LogP contribution in [0.1, 0.15) is 5.56 Å². The molecule has 3 rings (SSSR count). The van der Waals surface area contributed by atoms with Gasteiger partial charge in [-0.2, -0.15) is 10.2 Å². The lowest BCUT2D eigenvalue weighted by Crippen LogP contribution is -2.20. The van der Waals surface area contributed by atoms with Crippen LogP contribution in [0, 0.1) is 11.3 Å². The number of fused-ring (bicyclic) bond motifs is 1. The van der Waals surface area contributed by atoms with Crippen LogP contribution in [0.4, 0.5) is 0 Å². The number of nitriles is 1. The molecule has 2 heterocycles. The number of hydrogen-bond donors (Lipinski definition) is 2. The van der Waals surface area contributed by atoms with Gasteiger partial charge in [0.1, 0.15) is 6.07 Å². The van der Waals surface area contributed by atoms with Crippen LogP contribution in [-0.2, 0) is 7.05 Å². The van der Waals surface area contributed by atoms with Crippen molar-refractivity contribution in [1.82, 2.24) is 19.5 Å². The first-order valence-electron chi connectivity index (χ1n) is 5.78. The van der Waals surface area contributed by atoms with E-state index in [-0.39, 0.29) is 5.69 Å². The first kappa shape index (κ1) is 11.9. The summed E-state index contributed by atoms with van der Waals surface area (Å²) in [5.41, 5.74) is 1.70. The van der Waals surface area contributed by atoms with E-state index >= 15 is 0 Å². The highest BCUT2D eigenvalue weighted by Crippen LogP contribution is 2.22. The number of aromatic nitrogens is 4. The molecule has 7 heteroatoms. The average Bonchev–Trinajstić information content (AvgIpc) is 2.80. The minimum absolute atomic E-state index is 0.296. The molecular weight excluding hydrogens is 258 g/mol. The molecule has 2 aromatic heterocycles. The quantitative estimate of drug-likeness (QED) is 0.668. The second kappa shape index (κ2) is 4.20. The molecule has 2 N–H and O–H groups in total. The van der Waals surface area contributed by atoms with Crippen LogP contribution < -0.4 is 11.4 Å². The molecule has 7 nitrogen and oxygen atoms in total. The minimum atomic E-state index is -0.443. The Bertz CT molecular complexity index is 971. The molecular formula is C13H9N5O2. The molecule has 20 heavy (non-hydrogen) atoms. The van der Waals surface area contributed by atoms with Gasteiger partial charge in [-0.3, -0.25) is 0 Å². The first-order chi connectivity index (χ1) is 9.58. The van der Waals surface area contributed by atoms with Gasteiger partial charge >= 0.3 is 11.4 Å². The van der Waals surface area contributed by atoms with Crippen LogP contribution in [0.2, 0.25) is 0 Å². The molecule has 0 amide bonds.